The largest absolute Gasteiger partial charge is 0 e. The maximum Gasteiger partial charge on any atom is 0 e. The quantitative estimate of drug-likeness (QED) is 0.514. The van der Waals surface area contributed by atoms with Crippen LogP contribution in [0, 0.1) is 0 Å². The van der Waals surface area contributed by atoms with Crippen molar-refractivity contribution in [1.29, 1.82) is 0 Å². The van der Waals surface area contributed by atoms with E-state index in [0.29, 0.717) is 0 Å². The van der Waals surface area contributed by atoms with Gasteiger partial charge in [-0.15, -0.1) is 0 Å². The van der Waals surface area contributed by atoms with Crippen molar-refractivity contribution in [1.82, 2.24) is 0 Å². The Morgan fingerprint density at radius 3 is 0.867 bits per heavy atom. The zero-order valence-electron chi connectivity index (χ0n) is 11.1. The summed E-state index contributed by atoms with van der Waals surface area (Å²) in [6, 6.07) is 0. The number of hydrogen-bond acceptors (Lipinski definition) is 0. The van der Waals surface area contributed by atoms with Crippen LogP contribution in [0.4, 0.5) is 0 Å². The first-order chi connectivity index (χ1) is 6.24. The maximum atomic E-state index is 2.33. The van der Waals surface area contributed by atoms with Crippen LogP contribution in [-0.2, 0) is 0 Å². The summed E-state index contributed by atoms with van der Waals surface area (Å²) in [6.07, 6.45) is 8.58. The summed E-state index contributed by atoms with van der Waals surface area (Å²) in [4.78, 5) is 0. The fourth-order valence-corrected chi connectivity index (χ4v) is 4.46. The van der Waals surface area contributed by atoms with Crippen molar-refractivity contribution >= 4 is 66.4 Å². The van der Waals surface area contributed by atoms with Crippen LogP contribution in [0.15, 0.2) is 47.6 Å². The van der Waals surface area contributed by atoms with E-state index in [4.69, 9.17) is 0 Å². The topological polar surface area (TPSA) is 0 Å². The van der Waals surface area contributed by atoms with E-state index in [1.165, 1.54) is 0 Å². The SMILES string of the molecule is CC=C[PH](C=CC)(C=CC)C=CC.[Na].[Na]. The van der Waals surface area contributed by atoms with Crippen LogP contribution in [-0.4, -0.2) is 59.1 Å². The zero-order chi connectivity index (χ0) is 10.2. The molecule has 0 aromatic rings. The Bertz CT molecular complexity index is 186. The van der Waals surface area contributed by atoms with E-state index in [0.717, 1.165) is 0 Å². The Kier molecular flexibility index (Phi) is 19.4. The molecule has 0 aliphatic rings. The van der Waals surface area contributed by atoms with Gasteiger partial charge in [-0.2, -0.15) is 0 Å². The van der Waals surface area contributed by atoms with Gasteiger partial charge >= 0.3 is 82.5 Å². The van der Waals surface area contributed by atoms with Crippen molar-refractivity contribution in [2.24, 2.45) is 0 Å². The normalized spacial score (nSPS) is 13.6. The van der Waals surface area contributed by atoms with Crippen molar-refractivity contribution < 1.29 is 0 Å². The Hall–Kier alpha value is 1.39. The van der Waals surface area contributed by atoms with Crippen molar-refractivity contribution in [2.75, 3.05) is 0 Å². The van der Waals surface area contributed by atoms with E-state index >= 15 is 0 Å². The van der Waals surface area contributed by atoms with Gasteiger partial charge in [-0.1, -0.05) is 0 Å². The van der Waals surface area contributed by atoms with Crippen molar-refractivity contribution in [3.05, 3.63) is 47.6 Å². The third-order valence-corrected chi connectivity index (χ3v) is 5.46. The first-order valence-corrected chi connectivity index (χ1v) is 7.11. The molecule has 0 heterocycles. The minimum Gasteiger partial charge on any atom is 0 e. The van der Waals surface area contributed by atoms with Gasteiger partial charge in [0.25, 0.3) is 0 Å². The van der Waals surface area contributed by atoms with Gasteiger partial charge in [0.05, 0.1) is 0 Å². The monoisotopic (exact) mass is 242 g/mol. The predicted molar refractivity (Wildman–Crippen MR) is 79.1 cm³/mol. The van der Waals surface area contributed by atoms with E-state index in [1.54, 1.807) is 0 Å². The molecule has 0 N–H and O–H groups in total. The number of rotatable bonds is 4. The van der Waals surface area contributed by atoms with Crippen LogP contribution >= 0.6 is 7.26 Å². The molecule has 0 spiro atoms. The van der Waals surface area contributed by atoms with Crippen molar-refractivity contribution in [3.63, 3.8) is 0 Å². The minimum absolute atomic E-state index is 0. The molecule has 76 valence electrons. The Morgan fingerprint density at radius 1 is 0.533 bits per heavy atom. The van der Waals surface area contributed by atoms with Crippen LogP contribution in [0.5, 0.6) is 0 Å². The van der Waals surface area contributed by atoms with Gasteiger partial charge in [0.1, 0.15) is 0 Å². The molecule has 0 saturated heterocycles. The molecule has 0 aliphatic carbocycles. The predicted octanol–water partition coefficient (Wildman–Crippen LogP) is 4.11. The summed E-state index contributed by atoms with van der Waals surface area (Å²) in [5, 5.41) is 0. The van der Waals surface area contributed by atoms with E-state index in [2.05, 4.69) is 75.3 Å². The number of hydrogen-bond donors (Lipinski definition) is 0. The van der Waals surface area contributed by atoms with E-state index in [-0.39, 0.29) is 59.1 Å². The van der Waals surface area contributed by atoms with Crippen LogP contribution in [0.1, 0.15) is 27.7 Å². The molecule has 0 aliphatic heterocycles. The first-order valence-electron chi connectivity index (χ1n) is 4.80. The molecule has 3 heteroatoms. The summed E-state index contributed by atoms with van der Waals surface area (Å²) in [6.45, 7) is 8.33. The standard InChI is InChI=1S/C12H21P.2Na/c1-5-9-13(10-6-2,11-7-3)12-8-4;;/h5-13H,1-4H3;;. The third kappa shape index (κ3) is 9.12. The molecule has 0 unspecified atom stereocenters. The molecule has 0 atom stereocenters. The van der Waals surface area contributed by atoms with Crippen LogP contribution in [0.3, 0.4) is 0 Å². The zero-order valence-corrected chi connectivity index (χ0v) is 16.1. The molecule has 0 nitrogen and oxygen atoms in total. The van der Waals surface area contributed by atoms with Crippen LogP contribution in [0.2, 0.25) is 0 Å². The molecule has 0 aromatic carbocycles. The maximum absolute atomic E-state index is 2.33. The average Bonchev–Trinajstić information content (AvgIpc) is 2.06. The van der Waals surface area contributed by atoms with E-state index in [9.17, 15) is 0 Å². The van der Waals surface area contributed by atoms with Crippen LogP contribution in [0.25, 0.3) is 0 Å². The number of allylic oxidation sites excluding steroid dienone is 4. The molecule has 0 aromatic heterocycles. The van der Waals surface area contributed by atoms with E-state index in [1.807, 2.05) is 0 Å². The Balaban J connectivity index is -0.000000720. The summed E-state index contributed by atoms with van der Waals surface area (Å²) >= 11 is 0. The minimum atomic E-state index is -1.52. The fraction of sp³-hybridized carbons (Fsp3) is 0.333. The molecule has 0 amide bonds. The van der Waals surface area contributed by atoms with E-state index < -0.39 is 7.26 Å². The molecular formula is C12H21Na2P. The summed E-state index contributed by atoms with van der Waals surface area (Å²) in [5.41, 5.74) is 0. The molecular weight excluding hydrogens is 221 g/mol. The Labute approximate surface area is 140 Å². The fourth-order valence-electron chi connectivity index (χ4n) is 1.49. The second-order valence-corrected chi connectivity index (χ2v) is 6.33. The first kappa shape index (κ1) is 21.7. The van der Waals surface area contributed by atoms with Crippen LogP contribution < -0.4 is 0 Å². The van der Waals surface area contributed by atoms with Gasteiger partial charge in [0, 0.05) is 59.1 Å². The third-order valence-electron chi connectivity index (χ3n) is 1.82. The van der Waals surface area contributed by atoms with Gasteiger partial charge in [0.15, 0.2) is 0 Å². The molecule has 15 heavy (non-hydrogen) atoms. The molecule has 0 rings (SSSR count). The summed E-state index contributed by atoms with van der Waals surface area (Å²) in [7, 11) is -1.52. The summed E-state index contributed by atoms with van der Waals surface area (Å²) < 4.78 is 0. The molecule has 0 fully saturated rings. The molecule has 0 bridgehead atoms. The molecule has 2 radical (unpaired) electrons. The Morgan fingerprint density at radius 2 is 0.733 bits per heavy atom. The second-order valence-electron chi connectivity index (χ2n) is 3.00. The smallest absolute Gasteiger partial charge is 0 e. The van der Waals surface area contributed by atoms with Gasteiger partial charge in [-0.05, 0) is 0 Å². The second kappa shape index (κ2) is 13.5. The van der Waals surface area contributed by atoms with Gasteiger partial charge in [0.2, 0.25) is 0 Å². The van der Waals surface area contributed by atoms with Gasteiger partial charge in [-0.25, -0.2) is 0 Å². The average molecular weight is 242 g/mol. The van der Waals surface area contributed by atoms with Crippen molar-refractivity contribution in [3.8, 4) is 0 Å². The van der Waals surface area contributed by atoms with Gasteiger partial charge in [-0.3, -0.25) is 0 Å². The molecule has 0 saturated carbocycles. The van der Waals surface area contributed by atoms with Crippen molar-refractivity contribution in [2.45, 2.75) is 27.7 Å². The van der Waals surface area contributed by atoms with Gasteiger partial charge < -0.3 is 0 Å². The summed E-state index contributed by atoms with van der Waals surface area (Å²) in [5.74, 6) is 9.31.